The van der Waals surface area contributed by atoms with Crippen molar-refractivity contribution in [1.82, 2.24) is 20.6 Å². The zero-order valence-electron chi connectivity index (χ0n) is 21.5. The number of amides is 1. The standard InChI is InChI=1S/C25H33N5O5S2/c1-5-33-24(32)23-27-22(28-35-23)20-14-36-25(29(20)4)37-15-21(31)26-11-19-13-30(8-9-34-19)12-18-7-6-16(2)17(3)10-18/h6-7,10-11,14,22,25,28H,5,8-9,12-13,15H2,1-4H3,(H,26,31)/b19-11-. The number of thioether (sulfide) groups is 2. The van der Waals surface area contributed by atoms with Gasteiger partial charge in [0.1, 0.15) is 17.1 Å². The number of nitrogens with zero attached hydrogens (tertiary/aromatic N) is 3. The lowest BCUT2D eigenvalue weighted by Crippen LogP contribution is -2.36. The van der Waals surface area contributed by atoms with E-state index in [1.54, 1.807) is 24.9 Å². The van der Waals surface area contributed by atoms with Crippen molar-refractivity contribution in [2.45, 2.75) is 38.2 Å². The van der Waals surface area contributed by atoms with E-state index in [0.29, 0.717) is 13.2 Å². The van der Waals surface area contributed by atoms with Gasteiger partial charge in [0.2, 0.25) is 5.91 Å². The molecular formula is C25H33N5O5S2. The molecule has 10 nitrogen and oxygen atoms in total. The number of morpholine rings is 1. The summed E-state index contributed by atoms with van der Waals surface area (Å²) >= 11 is 3.08. The lowest BCUT2D eigenvalue weighted by atomic mass is 10.1. The molecule has 1 amide bonds. The van der Waals surface area contributed by atoms with Crippen LogP contribution < -0.4 is 10.8 Å². The van der Waals surface area contributed by atoms with Crippen LogP contribution in [0.2, 0.25) is 0 Å². The van der Waals surface area contributed by atoms with Crippen molar-refractivity contribution in [2.24, 2.45) is 4.99 Å². The van der Waals surface area contributed by atoms with Crippen LogP contribution in [0.15, 0.2) is 46.3 Å². The first-order chi connectivity index (χ1) is 17.8. The lowest BCUT2D eigenvalue weighted by Gasteiger charge is -2.29. The summed E-state index contributed by atoms with van der Waals surface area (Å²) in [4.78, 5) is 38.1. The number of aryl methyl sites for hydroxylation is 2. The highest BCUT2D eigenvalue weighted by atomic mass is 32.2. The molecule has 0 saturated carbocycles. The maximum atomic E-state index is 12.5. The third-order valence-electron chi connectivity index (χ3n) is 6.08. The van der Waals surface area contributed by atoms with Crippen LogP contribution >= 0.6 is 23.5 Å². The number of hydrogen-bond acceptors (Lipinski definition) is 11. The summed E-state index contributed by atoms with van der Waals surface area (Å²) in [5, 5.41) is 4.82. The molecular weight excluding hydrogens is 514 g/mol. The van der Waals surface area contributed by atoms with Gasteiger partial charge in [-0.15, -0.1) is 17.2 Å². The number of hydroxylamine groups is 1. The Labute approximate surface area is 225 Å². The summed E-state index contributed by atoms with van der Waals surface area (Å²) in [5.74, 6) is 0.253. The summed E-state index contributed by atoms with van der Waals surface area (Å²) in [6, 6.07) is 6.55. The van der Waals surface area contributed by atoms with Crippen molar-refractivity contribution in [3.05, 3.63) is 58.0 Å². The first-order valence-corrected chi connectivity index (χ1v) is 14.1. The van der Waals surface area contributed by atoms with Crippen LogP contribution in [-0.4, -0.2) is 77.5 Å². The zero-order chi connectivity index (χ0) is 26.4. The molecule has 0 aliphatic carbocycles. The highest BCUT2D eigenvalue weighted by Gasteiger charge is 2.34. The lowest BCUT2D eigenvalue weighted by molar-refractivity contribution is -0.137. The van der Waals surface area contributed by atoms with E-state index in [-0.39, 0.29) is 28.9 Å². The summed E-state index contributed by atoms with van der Waals surface area (Å²) < 4.78 is 10.7. The second-order valence-corrected chi connectivity index (χ2v) is 11.2. The quantitative estimate of drug-likeness (QED) is 0.448. The number of carbonyl (C=O) groups excluding carboxylic acids is 2. The highest BCUT2D eigenvalue weighted by Crippen LogP contribution is 2.38. The Kier molecular flexibility index (Phi) is 9.41. The fourth-order valence-corrected chi connectivity index (χ4v) is 6.17. The van der Waals surface area contributed by atoms with Gasteiger partial charge in [0.05, 0.1) is 24.6 Å². The molecule has 0 radical (unpaired) electrons. The molecule has 4 rings (SSSR count). The largest absolute Gasteiger partial charge is 0.494 e. The fourth-order valence-electron chi connectivity index (χ4n) is 3.91. The van der Waals surface area contributed by atoms with Crippen LogP contribution in [0.1, 0.15) is 23.6 Å². The van der Waals surface area contributed by atoms with E-state index in [1.807, 2.05) is 17.4 Å². The number of benzene rings is 1. The van der Waals surface area contributed by atoms with Crippen LogP contribution in [0.5, 0.6) is 0 Å². The molecule has 12 heteroatoms. The molecule has 1 saturated heterocycles. The molecule has 3 aliphatic rings. The smallest absolute Gasteiger partial charge is 0.396 e. The van der Waals surface area contributed by atoms with Crippen molar-refractivity contribution >= 4 is 41.3 Å². The van der Waals surface area contributed by atoms with Gasteiger partial charge >= 0.3 is 11.9 Å². The number of nitrogens with one attached hydrogen (secondary N) is 2. The van der Waals surface area contributed by atoms with Gasteiger partial charge in [0, 0.05) is 26.3 Å². The molecule has 3 heterocycles. The summed E-state index contributed by atoms with van der Waals surface area (Å²) in [6.07, 6.45) is 1.17. The molecule has 1 aromatic rings. The third kappa shape index (κ3) is 7.22. The SMILES string of the molecule is CCOC(=O)C1=NC(C2=CSC(SCC(=O)N/C=C3/CN(Cc4ccc(C)c(C)c4)CCO3)N2C)NO1. The molecule has 0 spiro atoms. The van der Waals surface area contributed by atoms with Gasteiger partial charge in [-0.2, -0.15) is 0 Å². The predicted octanol–water partition coefficient (Wildman–Crippen LogP) is 2.45. The Morgan fingerprint density at radius 2 is 2.19 bits per heavy atom. The monoisotopic (exact) mass is 547 g/mol. The van der Waals surface area contributed by atoms with E-state index in [1.165, 1.54) is 28.5 Å². The van der Waals surface area contributed by atoms with E-state index in [0.717, 1.165) is 24.5 Å². The topological polar surface area (TPSA) is 105 Å². The van der Waals surface area contributed by atoms with Crippen molar-refractivity contribution in [1.29, 1.82) is 0 Å². The normalized spacial score (nSPS) is 22.8. The second-order valence-electron chi connectivity index (χ2n) is 8.84. The van der Waals surface area contributed by atoms with Gasteiger partial charge in [-0.05, 0) is 42.9 Å². The average Bonchev–Trinajstić information content (AvgIpc) is 3.51. The first-order valence-electron chi connectivity index (χ1n) is 12.1. The number of carbonyl (C=O) groups is 2. The Hall–Kier alpha value is -2.67. The van der Waals surface area contributed by atoms with Crippen LogP contribution in [-0.2, 0) is 30.4 Å². The first kappa shape index (κ1) is 27.4. The Balaban J connectivity index is 1.21. The summed E-state index contributed by atoms with van der Waals surface area (Å²) in [6.45, 7) is 9.16. The number of esters is 1. The maximum absolute atomic E-state index is 12.5. The van der Waals surface area contributed by atoms with Gasteiger partial charge in [-0.25, -0.2) is 9.79 Å². The highest BCUT2D eigenvalue weighted by molar-refractivity contribution is 8.18. The average molecular weight is 548 g/mol. The molecule has 1 aromatic carbocycles. The van der Waals surface area contributed by atoms with E-state index in [9.17, 15) is 9.59 Å². The molecule has 200 valence electrons. The van der Waals surface area contributed by atoms with Gasteiger partial charge in [-0.3, -0.25) is 9.69 Å². The number of aliphatic imine (C=N–C) groups is 1. The van der Waals surface area contributed by atoms with Gasteiger partial charge in [0.25, 0.3) is 0 Å². The van der Waals surface area contributed by atoms with Crippen molar-refractivity contribution in [3.63, 3.8) is 0 Å². The molecule has 2 N–H and O–H groups in total. The van der Waals surface area contributed by atoms with Crippen LogP contribution in [0.25, 0.3) is 0 Å². The van der Waals surface area contributed by atoms with Crippen molar-refractivity contribution in [3.8, 4) is 0 Å². The van der Waals surface area contributed by atoms with Gasteiger partial charge in [0.15, 0.2) is 6.17 Å². The Bertz CT molecular complexity index is 1110. The molecule has 1 fully saturated rings. The maximum Gasteiger partial charge on any atom is 0.396 e. The Morgan fingerprint density at radius 1 is 1.35 bits per heavy atom. The number of likely N-dealkylation sites (N-methyl/N-ethyl adjacent to an activating group) is 1. The van der Waals surface area contributed by atoms with Crippen LogP contribution in [0.3, 0.4) is 0 Å². The molecule has 3 aliphatic heterocycles. The van der Waals surface area contributed by atoms with Crippen molar-refractivity contribution in [2.75, 3.05) is 39.1 Å². The van der Waals surface area contributed by atoms with E-state index in [4.69, 9.17) is 14.3 Å². The van der Waals surface area contributed by atoms with Gasteiger partial charge < -0.3 is 24.5 Å². The minimum atomic E-state index is -0.599. The molecule has 37 heavy (non-hydrogen) atoms. The molecule has 2 atom stereocenters. The zero-order valence-corrected chi connectivity index (χ0v) is 23.1. The Morgan fingerprint density at radius 3 is 2.97 bits per heavy atom. The van der Waals surface area contributed by atoms with Gasteiger partial charge in [-0.1, -0.05) is 30.0 Å². The number of ether oxygens (including phenoxy) is 2. The third-order valence-corrected chi connectivity index (χ3v) is 8.77. The molecule has 0 bridgehead atoms. The molecule has 0 aromatic heterocycles. The van der Waals surface area contributed by atoms with Crippen LogP contribution in [0.4, 0.5) is 0 Å². The number of rotatable bonds is 9. The van der Waals surface area contributed by atoms with Crippen molar-refractivity contribution < 1.29 is 23.9 Å². The van der Waals surface area contributed by atoms with E-state index >= 15 is 0 Å². The van der Waals surface area contributed by atoms with Crippen LogP contribution in [0, 0.1) is 13.8 Å². The van der Waals surface area contributed by atoms with E-state index < -0.39 is 12.1 Å². The van der Waals surface area contributed by atoms with E-state index in [2.05, 4.69) is 52.7 Å². The minimum Gasteiger partial charge on any atom is -0.494 e. The fraction of sp³-hybridized carbons (Fsp3) is 0.480. The molecule has 2 unspecified atom stereocenters. The summed E-state index contributed by atoms with van der Waals surface area (Å²) in [5.41, 5.74) is 7.46. The summed E-state index contributed by atoms with van der Waals surface area (Å²) in [7, 11) is 1.92. The second kappa shape index (κ2) is 12.7. The number of hydrogen-bond donors (Lipinski definition) is 2. The minimum absolute atomic E-state index is 0.00330. The predicted molar refractivity (Wildman–Crippen MR) is 145 cm³/mol.